The number of nitrogens with zero attached hydrogens (tertiary/aromatic N) is 3. The third kappa shape index (κ3) is 3.79. The highest BCUT2D eigenvalue weighted by atomic mass is 35.5. The number of aromatic nitrogens is 2. The van der Waals surface area contributed by atoms with E-state index in [1.807, 2.05) is 0 Å². The molecule has 6 nitrogen and oxygen atoms in total. The van der Waals surface area contributed by atoms with Crippen LogP contribution < -0.4 is 14.4 Å². The number of carbonyl (C=O) groups excluding carboxylic acids is 1. The molecule has 0 saturated carbocycles. The minimum atomic E-state index is -4.70. The topological polar surface area (TPSA) is 56.6 Å². The minimum Gasteiger partial charge on any atom is -0.454 e. The molecule has 1 aliphatic rings. The van der Waals surface area contributed by atoms with Gasteiger partial charge in [-0.1, -0.05) is 29.3 Å². The Morgan fingerprint density at radius 1 is 1.16 bits per heavy atom. The zero-order valence-corrected chi connectivity index (χ0v) is 17.6. The molecule has 3 aromatic rings. The predicted molar refractivity (Wildman–Crippen MR) is 109 cm³/mol. The monoisotopic (exact) mass is 471 g/mol. The summed E-state index contributed by atoms with van der Waals surface area (Å²) < 4.78 is 51.1. The molecule has 2 heterocycles. The van der Waals surface area contributed by atoms with Crippen LogP contribution in [-0.4, -0.2) is 29.5 Å². The molecule has 2 aromatic carbocycles. The second kappa shape index (κ2) is 7.65. The predicted octanol–water partition coefficient (Wildman–Crippen LogP) is 5.51. The molecule has 0 unspecified atom stereocenters. The number of amides is 1. The summed E-state index contributed by atoms with van der Waals surface area (Å²) in [6.45, 7) is 1.47. The van der Waals surface area contributed by atoms with Crippen LogP contribution in [0.25, 0.3) is 5.69 Å². The number of rotatable bonds is 3. The zero-order valence-electron chi connectivity index (χ0n) is 16.1. The van der Waals surface area contributed by atoms with Crippen LogP contribution >= 0.6 is 23.2 Å². The highest BCUT2D eigenvalue weighted by Crippen LogP contribution is 2.41. The Kier molecular flexibility index (Phi) is 5.26. The first-order valence-electron chi connectivity index (χ1n) is 8.88. The molecule has 0 atom stereocenters. The van der Waals surface area contributed by atoms with Crippen LogP contribution in [0.1, 0.15) is 21.7 Å². The smallest absolute Gasteiger partial charge is 0.436 e. The van der Waals surface area contributed by atoms with Crippen LogP contribution in [0.3, 0.4) is 0 Å². The van der Waals surface area contributed by atoms with Gasteiger partial charge in [0.25, 0.3) is 5.91 Å². The van der Waals surface area contributed by atoms with E-state index in [1.165, 1.54) is 37.1 Å². The van der Waals surface area contributed by atoms with E-state index in [0.29, 0.717) is 17.2 Å². The van der Waals surface area contributed by atoms with Crippen molar-refractivity contribution in [1.82, 2.24) is 9.78 Å². The lowest BCUT2D eigenvalue weighted by molar-refractivity contribution is -0.141. The van der Waals surface area contributed by atoms with Crippen molar-refractivity contribution in [2.75, 3.05) is 18.7 Å². The number of benzene rings is 2. The van der Waals surface area contributed by atoms with Gasteiger partial charge in [-0.05, 0) is 25.1 Å². The van der Waals surface area contributed by atoms with Crippen molar-refractivity contribution in [3.8, 4) is 17.2 Å². The molecule has 1 aromatic heterocycles. The summed E-state index contributed by atoms with van der Waals surface area (Å²) in [7, 11) is 1.52. The average Bonchev–Trinajstić information content (AvgIpc) is 3.30. The van der Waals surface area contributed by atoms with Gasteiger partial charge in [-0.2, -0.15) is 18.3 Å². The van der Waals surface area contributed by atoms with Crippen LogP contribution in [0.15, 0.2) is 36.4 Å². The highest BCUT2D eigenvalue weighted by Gasteiger charge is 2.38. The van der Waals surface area contributed by atoms with Gasteiger partial charge in [-0.15, -0.1) is 0 Å². The lowest BCUT2D eigenvalue weighted by Gasteiger charge is -2.19. The number of carbonyl (C=O) groups is 1. The summed E-state index contributed by atoms with van der Waals surface area (Å²) in [5.41, 5.74) is -0.225. The molecule has 31 heavy (non-hydrogen) atoms. The van der Waals surface area contributed by atoms with Crippen molar-refractivity contribution in [1.29, 1.82) is 0 Å². The van der Waals surface area contributed by atoms with Crippen molar-refractivity contribution in [3.05, 3.63) is 63.4 Å². The van der Waals surface area contributed by atoms with Gasteiger partial charge in [-0.25, -0.2) is 4.68 Å². The quantitative estimate of drug-likeness (QED) is 0.505. The number of ether oxygens (including phenoxy) is 2. The SMILES string of the molecule is Cc1c(Cl)c(C(F)(F)F)nn1-c1cccc(C(=O)N(C)c2cc3c(cc2Cl)OCO3)c1. The van der Waals surface area contributed by atoms with Crippen LogP contribution in [0.5, 0.6) is 11.5 Å². The third-order valence-electron chi connectivity index (χ3n) is 4.76. The molecule has 4 rings (SSSR count). The molecule has 162 valence electrons. The van der Waals surface area contributed by atoms with Crippen LogP contribution in [0, 0.1) is 6.92 Å². The number of hydrogen-bond donors (Lipinski definition) is 0. The van der Waals surface area contributed by atoms with E-state index in [-0.39, 0.29) is 28.8 Å². The molecule has 1 aliphatic heterocycles. The Hall–Kier alpha value is -2.91. The fraction of sp³-hybridized carbons (Fsp3) is 0.200. The number of halogens is 5. The van der Waals surface area contributed by atoms with Crippen LogP contribution in [0.2, 0.25) is 10.0 Å². The van der Waals surface area contributed by atoms with Crippen LogP contribution in [-0.2, 0) is 6.18 Å². The molecule has 0 fully saturated rings. The van der Waals surface area contributed by atoms with Gasteiger partial charge in [0.05, 0.1) is 27.1 Å². The van der Waals surface area contributed by atoms with Gasteiger partial charge in [0, 0.05) is 24.7 Å². The van der Waals surface area contributed by atoms with Crippen LogP contribution in [0.4, 0.5) is 18.9 Å². The third-order valence-corrected chi connectivity index (χ3v) is 5.51. The Morgan fingerprint density at radius 3 is 2.48 bits per heavy atom. The normalized spacial score (nSPS) is 12.9. The van der Waals surface area contributed by atoms with Gasteiger partial charge in [-0.3, -0.25) is 4.79 Å². The number of anilines is 1. The van der Waals surface area contributed by atoms with E-state index in [9.17, 15) is 18.0 Å². The summed E-state index contributed by atoms with van der Waals surface area (Å²) in [6, 6.07) is 9.16. The maximum absolute atomic E-state index is 13.1. The molecule has 11 heteroatoms. The molecular formula is C20H14Cl2F3N3O3. The number of fused-ring (bicyclic) bond motifs is 1. The van der Waals surface area contributed by atoms with Gasteiger partial charge in [0.15, 0.2) is 17.2 Å². The van der Waals surface area contributed by atoms with Crippen molar-refractivity contribution in [2.45, 2.75) is 13.1 Å². The standard InChI is InChI=1S/C20H14Cl2F3N3O3/c1-10-17(22)18(20(23,24)25)26-28(10)12-5-3-4-11(6-12)19(29)27(2)14-8-16-15(7-13(14)21)30-9-31-16/h3-8H,9H2,1-2H3. The Bertz CT molecular complexity index is 1190. The first-order valence-corrected chi connectivity index (χ1v) is 9.63. The van der Waals surface area contributed by atoms with E-state index in [4.69, 9.17) is 32.7 Å². The fourth-order valence-corrected chi connectivity index (χ4v) is 3.66. The van der Waals surface area contributed by atoms with Gasteiger partial charge < -0.3 is 14.4 Å². The minimum absolute atomic E-state index is 0.0561. The maximum atomic E-state index is 13.1. The maximum Gasteiger partial charge on any atom is 0.436 e. The van der Waals surface area contributed by atoms with Crippen molar-refractivity contribution < 1.29 is 27.4 Å². The molecule has 0 radical (unpaired) electrons. The van der Waals surface area contributed by atoms with Crippen molar-refractivity contribution >= 4 is 34.8 Å². The highest BCUT2D eigenvalue weighted by molar-refractivity contribution is 6.34. The van der Waals surface area contributed by atoms with E-state index in [0.717, 1.165) is 4.68 Å². The van der Waals surface area contributed by atoms with E-state index in [2.05, 4.69) is 5.10 Å². The second-order valence-electron chi connectivity index (χ2n) is 6.73. The Balaban J connectivity index is 1.69. The summed E-state index contributed by atoms with van der Waals surface area (Å²) in [5.74, 6) is 0.493. The first kappa shape index (κ1) is 21.3. The molecule has 0 saturated heterocycles. The van der Waals surface area contributed by atoms with E-state index in [1.54, 1.807) is 18.2 Å². The average molecular weight is 472 g/mol. The first-order chi connectivity index (χ1) is 14.6. The molecule has 1 amide bonds. The van der Waals surface area contributed by atoms with Crippen molar-refractivity contribution in [2.24, 2.45) is 0 Å². The van der Waals surface area contributed by atoms with Crippen molar-refractivity contribution in [3.63, 3.8) is 0 Å². The second-order valence-corrected chi connectivity index (χ2v) is 7.51. The Labute approximate surface area is 184 Å². The van der Waals surface area contributed by atoms with Gasteiger partial charge in [0.1, 0.15) is 0 Å². The lowest BCUT2D eigenvalue weighted by Crippen LogP contribution is -2.26. The molecule has 0 bridgehead atoms. The van der Waals surface area contributed by atoms with Gasteiger partial charge in [0.2, 0.25) is 6.79 Å². The number of hydrogen-bond acceptors (Lipinski definition) is 4. The molecule has 0 spiro atoms. The molecule has 0 N–H and O–H groups in total. The molecule has 0 aliphatic carbocycles. The molecular weight excluding hydrogens is 458 g/mol. The summed E-state index contributed by atoms with van der Waals surface area (Å²) in [6.07, 6.45) is -4.70. The van der Waals surface area contributed by atoms with Gasteiger partial charge >= 0.3 is 6.18 Å². The van der Waals surface area contributed by atoms with E-state index >= 15 is 0 Å². The summed E-state index contributed by atoms with van der Waals surface area (Å²) >= 11 is 12.1. The zero-order chi connectivity index (χ0) is 22.5. The number of alkyl halides is 3. The van der Waals surface area contributed by atoms with E-state index < -0.39 is 22.8 Å². The Morgan fingerprint density at radius 2 is 1.84 bits per heavy atom. The summed E-state index contributed by atoms with van der Waals surface area (Å²) in [4.78, 5) is 14.4. The fourth-order valence-electron chi connectivity index (χ4n) is 3.15. The lowest BCUT2D eigenvalue weighted by atomic mass is 10.1. The largest absolute Gasteiger partial charge is 0.454 e. The summed E-state index contributed by atoms with van der Waals surface area (Å²) in [5, 5.41) is 3.38.